The highest BCUT2D eigenvalue weighted by Gasteiger charge is 2.23. The van der Waals surface area contributed by atoms with Crippen molar-refractivity contribution in [2.24, 2.45) is 0 Å². The van der Waals surface area contributed by atoms with E-state index in [9.17, 15) is 9.59 Å². The highest BCUT2D eigenvalue weighted by Crippen LogP contribution is 2.24. The zero-order chi connectivity index (χ0) is 22.5. The van der Waals surface area contributed by atoms with Gasteiger partial charge < -0.3 is 10.2 Å². The van der Waals surface area contributed by atoms with Crippen LogP contribution in [-0.4, -0.2) is 54.3 Å². The zero-order valence-electron chi connectivity index (χ0n) is 18.9. The molecule has 0 bridgehead atoms. The molecule has 1 aliphatic rings. The normalized spacial score (nSPS) is 15.5. The number of aryl methyl sites for hydroxylation is 1. The number of hydrogen-bond donors (Lipinski definition) is 1. The first-order valence-electron chi connectivity index (χ1n) is 11.3. The van der Waals surface area contributed by atoms with Gasteiger partial charge in [0.1, 0.15) is 0 Å². The summed E-state index contributed by atoms with van der Waals surface area (Å²) in [6.07, 6.45) is 0.440. The third-order valence-corrected chi connectivity index (χ3v) is 6.36. The minimum absolute atomic E-state index is 0.0186. The number of rotatable bonds is 6. The van der Waals surface area contributed by atoms with Crippen LogP contribution in [0.2, 0.25) is 0 Å². The molecule has 32 heavy (non-hydrogen) atoms. The molecule has 0 aliphatic carbocycles. The van der Waals surface area contributed by atoms with Gasteiger partial charge in [-0.2, -0.15) is 0 Å². The summed E-state index contributed by atoms with van der Waals surface area (Å²) in [5.74, 6) is 0.179. The van der Waals surface area contributed by atoms with Crippen LogP contribution in [0.15, 0.2) is 66.7 Å². The molecule has 0 radical (unpaired) electrons. The van der Waals surface area contributed by atoms with E-state index in [0.29, 0.717) is 26.1 Å². The Morgan fingerprint density at radius 2 is 1.59 bits per heavy atom. The van der Waals surface area contributed by atoms with Crippen molar-refractivity contribution in [3.05, 3.63) is 83.4 Å². The summed E-state index contributed by atoms with van der Waals surface area (Å²) in [4.78, 5) is 29.4. The van der Waals surface area contributed by atoms with E-state index in [4.69, 9.17) is 0 Å². The minimum Gasteiger partial charge on any atom is -0.348 e. The lowest BCUT2D eigenvalue weighted by Gasteiger charge is -2.34. The van der Waals surface area contributed by atoms with Crippen molar-refractivity contribution in [3.8, 4) is 0 Å². The predicted molar refractivity (Wildman–Crippen MR) is 128 cm³/mol. The van der Waals surface area contributed by atoms with Crippen LogP contribution in [0.4, 0.5) is 0 Å². The van der Waals surface area contributed by atoms with Crippen molar-refractivity contribution in [3.63, 3.8) is 0 Å². The molecule has 1 saturated heterocycles. The van der Waals surface area contributed by atoms with Crippen LogP contribution in [-0.2, 0) is 16.0 Å². The predicted octanol–water partition coefficient (Wildman–Crippen LogP) is 3.71. The number of nitrogens with one attached hydrogen (secondary N) is 1. The maximum absolute atomic E-state index is 12.7. The van der Waals surface area contributed by atoms with Crippen molar-refractivity contribution >= 4 is 22.6 Å². The standard InChI is InChI=1S/C27H31N3O2/c1-20-8-3-4-10-23(20)18-27(32)30-16-14-29(15-17-30)19-26(31)28-21(2)24-13-7-11-22-9-5-6-12-25(22)24/h3-13,21H,14-19H2,1-2H3,(H,28,31). The van der Waals surface area contributed by atoms with Gasteiger partial charge in [-0.15, -0.1) is 0 Å². The first-order valence-corrected chi connectivity index (χ1v) is 11.3. The van der Waals surface area contributed by atoms with Crippen molar-refractivity contribution in [1.82, 2.24) is 15.1 Å². The molecule has 1 aliphatic heterocycles. The largest absolute Gasteiger partial charge is 0.348 e. The van der Waals surface area contributed by atoms with Gasteiger partial charge in [-0.1, -0.05) is 66.7 Å². The summed E-state index contributed by atoms with van der Waals surface area (Å²) < 4.78 is 0. The lowest BCUT2D eigenvalue weighted by molar-refractivity contribution is -0.132. The highest BCUT2D eigenvalue weighted by molar-refractivity contribution is 5.87. The fourth-order valence-electron chi connectivity index (χ4n) is 4.43. The number of hydrogen-bond acceptors (Lipinski definition) is 3. The number of piperazine rings is 1. The van der Waals surface area contributed by atoms with Crippen LogP contribution in [0.3, 0.4) is 0 Å². The fraction of sp³-hybridized carbons (Fsp3) is 0.333. The molecule has 4 rings (SSSR count). The molecule has 0 saturated carbocycles. The highest BCUT2D eigenvalue weighted by atomic mass is 16.2. The third kappa shape index (κ3) is 5.17. The van der Waals surface area contributed by atoms with E-state index < -0.39 is 0 Å². The van der Waals surface area contributed by atoms with Gasteiger partial charge in [0.15, 0.2) is 0 Å². The second-order valence-corrected chi connectivity index (χ2v) is 8.62. The van der Waals surface area contributed by atoms with Crippen LogP contribution in [0.25, 0.3) is 10.8 Å². The van der Waals surface area contributed by atoms with E-state index in [1.165, 1.54) is 10.8 Å². The molecule has 1 N–H and O–H groups in total. The van der Waals surface area contributed by atoms with E-state index in [1.807, 2.05) is 61.2 Å². The van der Waals surface area contributed by atoms with Crippen LogP contribution in [0, 0.1) is 6.92 Å². The van der Waals surface area contributed by atoms with Gasteiger partial charge in [0.2, 0.25) is 11.8 Å². The summed E-state index contributed by atoms with van der Waals surface area (Å²) in [6, 6.07) is 22.4. The molecule has 3 aromatic rings. The molecule has 5 heteroatoms. The Kier molecular flexibility index (Phi) is 6.86. The summed E-state index contributed by atoms with van der Waals surface area (Å²) in [6.45, 7) is 7.19. The Labute approximate surface area is 190 Å². The van der Waals surface area contributed by atoms with Crippen molar-refractivity contribution in [2.45, 2.75) is 26.3 Å². The number of carbonyl (C=O) groups is 2. The Morgan fingerprint density at radius 1 is 0.906 bits per heavy atom. The maximum Gasteiger partial charge on any atom is 0.234 e. The Hall–Kier alpha value is -3.18. The molecule has 5 nitrogen and oxygen atoms in total. The molecule has 166 valence electrons. The smallest absolute Gasteiger partial charge is 0.234 e. The molecule has 1 heterocycles. The average Bonchev–Trinajstić information content (AvgIpc) is 2.80. The number of benzene rings is 3. The Morgan fingerprint density at radius 3 is 2.38 bits per heavy atom. The van der Waals surface area contributed by atoms with Crippen LogP contribution in [0.1, 0.15) is 29.7 Å². The van der Waals surface area contributed by atoms with E-state index in [2.05, 4.69) is 34.5 Å². The molecule has 3 aromatic carbocycles. The van der Waals surface area contributed by atoms with Crippen molar-refractivity contribution in [2.75, 3.05) is 32.7 Å². The summed E-state index contributed by atoms with van der Waals surface area (Å²) >= 11 is 0. The van der Waals surface area contributed by atoms with Gasteiger partial charge in [0.05, 0.1) is 19.0 Å². The topological polar surface area (TPSA) is 52.7 Å². The van der Waals surface area contributed by atoms with E-state index in [0.717, 1.165) is 29.8 Å². The average molecular weight is 430 g/mol. The van der Waals surface area contributed by atoms with Gasteiger partial charge in [-0.3, -0.25) is 14.5 Å². The maximum atomic E-state index is 12.7. The molecule has 1 atom stereocenters. The lowest BCUT2D eigenvalue weighted by Crippen LogP contribution is -2.51. The zero-order valence-corrected chi connectivity index (χ0v) is 18.9. The van der Waals surface area contributed by atoms with E-state index in [1.54, 1.807) is 0 Å². The number of amides is 2. The lowest BCUT2D eigenvalue weighted by atomic mass is 10.00. The van der Waals surface area contributed by atoms with Crippen LogP contribution < -0.4 is 5.32 Å². The first-order chi connectivity index (χ1) is 15.5. The molecular formula is C27H31N3O2. The van der Waals surface area contributed by atoms with Crippen LogP contribution >= 0.6 is 0 Å². The molecule has 0 aromatic heterocycles. The number of carbonyl (C=O) groups excluding carboxylic acids is 2. The van der Waals surface area contributed by atoms with Crippen molar-refractivity contribution in [1.29, 1.82) is 0 Å². The molecule has 2 amide bonds. The van der Waals surface area contributed by atoms with E-state index >= 15 is 0 Å². The second kappa shape index (κ2) is 9.96. The monoisotopic (exact) mass is 429 g/mol. The van der Waals surface area contributed by atoms with Gasteiger partial charge in [-0.25, -0.2) is 0 Å². The fourth-order valence-corrected chi connectivity index (χ4v) is 4.43. The first kappa shape index (κ1) is 22.0. The quantitative estimate of drug-likeness (QED) is 0.650. The molecule has 1 unspecified atom stereocenters. The van der Waals surface area contributed by atoms with Gasteiger partial charge in [0, 0.05) is 26.2 Å². The number of fused-ring (bicyclic) bond motifs is 1. The third-order valence-electron chi connectivity index (χ3n) is 6.36. The summed E-state index contributed by atoms with van der Waals surface area (Å²) in [7, 11) is 0. The molecular weight excluding hydrogens is 398 g/mol. The molecule has 1 fully saturated rings. The van der Waals surface area contributed by atoms with Crippen LogP contribution in [0.5, 0.6) is 0 Å². The van der Waals surface area contributed by atoms with E-state index in [-0.39, 0.29) is 17.9 Å². The van der Waals surface area contributed by atoms with Gasteiger partial charge >= 0.3 is 0 Å². The van der Waals surface area contributed by atoms with Gasteiger partial charge in [-0.05, 0) is 41.3 Å². The summed E-state index contributed by atoms with van der Waals surface area (Å²) in [5.41, 5.74) is 3.36. The Bertz CT molecular complexity index is 1100. The van der Waals surface area contributed by atoms with Crippen molar-refractivity contribution < 1.29 is 9.59 Å². The Balaban J connectivity index is 1.27. The van der Waals surface area contributed by atoms with Gasteiger partial charge in [0.25, 0.3) is 0 Å². The number of nitrogens with zero attached hydrogens (tertiary/aromatic N) is 2. The SMILES string of the molecule is Cc1ccccc1CC(=O)N1CCN(CC(=O)NC(C)c2cccc3ccccc23)CC1. The summed E-state index contributed by atoms with van der Waals surface area (Å²) in [5, 5.41) is 5.50. The molecule has 0 spiro atoms. The second-order valence-electron chi connectivity index (χ2n) is 8.62. The minimum atomic E-state index is -0.0643.